The summed E-state index contributed by atoms with van der Waals surface area (Å²) in [5, 5.41) is 6.55. The van der Waals surface area contributed by atoms with Gasteiger partial charge in [0.15, 0.2) is 5.69 Å². The van der Waals surface area contributed by atoms with Gasteiger partial charge >= 0.3 is 6.18 Å². The van der Waals surface area contributed by atoms with Crippen LogP contribution in [-0.2, 0) is 23.8 Å². The lowest BCUT2D eigenvalue weighted by Crippen LogP contribution is -2.31. The maximum absolute atomic E-state index is 13.2. The molecule has 2 heterocycles. The van der Waals surface area contributed by atoms with Crippen LogP contribution in [0.3, 0.4) is 0 Å². The van der Waals surface area contributed by atoms with E-state index in [2.05, 4.69) is 10.4 Å². The fourth-order valence-corrected chi connectivity index (χ4v) is 2.94. The highest BCUT2D eigenvalue weighted by Gasteiger charge is 2.40. The molecular formula is C18H20F3N3O2. The average molecular weight is 367 g/mol. The highest BCUT2D eigenvalue weighted by molar-refractivity contribution is 5.78. The van der Waals surface area contributed by atoms with E-state index in [0.717, 1.165) is 5.56 Å². The quantitative estimate of drug-likeness (QED) is 0.902. The first-order chi connectivity index (χ1) is 12.3. The number of ether oxygens (including phenoxy) is 1. The second kappa shape index (κ2) is 7.01. The molecule has 0 saturated heterocycles. The number of halogens is 3. The molecule has 26 heavy (non-hydrogen) atoms. The lowest BCUT2D eigenvalue weighted by molar-refractivity contribution is -0.142. The van der Waals surface area contributed by atoms with Gasteiger partial charge in [-0.25, -0.2) is 4.68 Å². The zero-order valence-electron chi connectivity index (χ0n) is 14.6. The van der Waals surface area contributed by atoms with Crippen molar-refractivity contribution in [3.8, 4) is 11.6 Å². The van der Waals surface area contributed by atoms with Crippen molar-refractivity contribution in [1.82, 2.24) is 15.1 Å². The van der Waals surface area contributed by atoms with Crippen LogP contribution >= 0.6 is 0 Å². The number of carbonyl (C=O) groups is 1. The van der Waals surface area contributed by atoms with Gasteiger partial charge in [-0.2, -0.15) is 18.3 Å². The van der Waals surface area contributed by atoms with Crippen LogP contribution in [0.25, 0.3) is 5.69 Å². The Morgan fingerprint density at radius 2 is 2.00 bits per heavy atom. The summed E-state index contributed by atoms with van der Waals surface area (Å²) in [6.07, 6.45) is -3.49. The van der Waals surface area contributed by atoms with Crippen LogP contribution in [-0.4, -0.2) is 28.3 Å². The molecular weight excluding hydrogens is 347 g/mol. The third-order valence-electron chi connectivity index (χ3n) is 4.01. The number of aromatic nitrogens is 2. The van der Waals surface area contributed by atoms with Gasteiger partial charge in [-0.15, -0.1) is 0 Å². The number of carbonyl (C=O) groups excluding carboxylic acids is 1. The van der Waals surface area contributed by atoms with Crippen LogP contribution in [0.2, 0.25) is 0 Å². The Morgan fingerprint density at radius 1 is 1.31 bits per heavy atom. The van der Waals surface area contributed by atoms with Gasteiger partial charge in [-0.3, -0.25) is 4.79 Å². The Labute approximate surface area is 149 Å². The number of amides is 1. The third kappa shape index (κ3) is 3.84. The molecule has 1 amide bonds. The molecule has 0 fully saturated rings. The molecule has 5 nitrogen and oxygen atoms in total. The van der Waals surface area contributed by atoms with Gasteiger partial charge in [0.2, 0.25) is 11.8 Å². The normalized spacial score (nSPS) is 14.1. The summed E-state index contributed by atoms with van der Waals surface area (Å²) in [7, 11) is 0. The lowest BCUT2D eigenvalue weighted by atomic mass is 10.1. The molecule has 0 unspecified atom stereocenters. The van der Waals surface area contributed by atoms with Crippen molar-refractivity contribution in [2.24, 2.45) is 0 Å². The van der Waals surface area contributed by atoms with Crippen LogP contribution in [0.5, 0.6) is 5.88 Å². The highest BCUT2D eigenvalue weighted by atomic mass is 19.4. The molecule has 8 heteroatoms. The van der Waals surface area contributed by atoms with E-state index in [1.54, 1.807) is 24.3 Å². The van der Waals surface area contributed by atoms with E-state index >= 15 is 0 Å². The number of nitrogens with zero attached hydrogens (tertiary/aromatic N) is 2. The first kappa shape index (κ1) is 18.3. The number of rotatable bonds is 4. The van der Waals surface area contributed by atoms with Crippen molar-refractivity contribution in [3.63, 3.8) is 0 Å². The SMILES string of the molecule is CC(C)NC(=O)Cc1ccc(-n2nc(C(F)(F)F)c3c2OCCC3)cc1. The smallest absolute Gasteiger partial charge is 0.435 e. The van der Waals surface area contributed by atoms with Gasteiger partial charge < -0.3 is 10.1 Å². The third-order valence-corrected chi connectivity index (χ3v) is 4.01. The average Bonchev–Trinajstić information content (AvgIpc) is 2.95. The molecule has 0 spiro atoms. The molecule has 1 aromatic heterocycles. The molecule has 1 aliphatic heterocycles. The summed E-state index contributed by atoms with van der Waals surface area (Å²) in [6, 6.07) is 6.75. The number of nitrogens with one attached hydrogen (secondary N) is 1. The van der Waals surface area contributed by atoms with Crippen LogP contribution in [0.1, 0.15) is 37.1 Å². The van der Waals surface area contributed by atoms with Crippen LogP contribution in [0, 0.1) is 0 Å². The first-order valence-electron chi connectivity index (χ1n) is 8.46. The minimum atomic E-state index is -4.52. The fraction of sp³-hybridized carbons (Fsp3) is 0.444. The zero-order valence-corrected chi connectivity index (χ0v) is 14.6. The van der Waals surface area contributed by atoms with Crippen molar-refractivity contribution in [1.29, 1.82) is 0 Å². The van der Waals surface area contributed by atoms with Crippen LogP contribution in [0.15, 0.2) is 24.3 Å². The van der Waals surface area contributed by atoms with E-state index in [4.69, 9.17) is 4.74 Å². The molecule has 1 N–H and O–H groups in total. The van der Waals surface area contributed by atoms with Gasteiger partial charge in [0.25, 0.3) is 0 Å². The monoisotopic (exact) mass is 367 g/mol. The van der Waals surface area contributed by atoms with Gasteiger partial charge in [0.05, 0.1) is 18.7 Å². The predicted octanol–water partition coefficient (Wildman–Crippen LogP) is 3.28. The number of fused-ring (bicyclic) bond motifs is 1. The molecule has 140 valence electrons. The van der Waals surface area contributed by atoms with E-state index in [9.17, 15) is 18.0 Å². The van der Waals surface area contributed by atoms with Gasteiger partial charge in [-0.05, 0) is 44.4 Å². The Bertz CT molecular complexity index is 795. The lowest BCUT2D eigenvalue weighted by Gasteiger charge is -2.16. The van der Waals surface area contributed by atoms with E-state index in [-0.39, 0.29) is 36.2 Å². The zero-order chi connectivity index (χ0) is 18.9. The number of benzene rings is 1. The molecule has 1 aromatic carbocycles. The topological polar surface area (TPSA) is 56.2 Å². The van der Waals surface area contributed by atoms with Crippen LogP contribution in [0.4, 0.5) is 13.2 Å². The van der Waals surface area contributed by atoms with Crippen LogP contribution < -0.4 is 10.1 Å². The van der Waals surface area contributed by atoms with Gasteiger partial charge in [0.1, 0.15) is 0 Å². The molecule has 0 radical (unpaired) electrons. The van der Waals surface area contributed by atoms with Crippen molar-refractivity contribution >= 4 is 5.91 Å². The Balaban J connectivity index is 1.88. The molecule has 3 rings (SSSR count). The van der Waals surface area contributed by atoms with Crippen molar-refractivity contribution < 1.29 is 22.7 Å². The highest BCUT2D eigenvalue weighted by Crippen LogP contribution is 2.39. The number of hydrogen-bond acceptors (Lipinski definition) is 3. The molecule has 0 aliphatic carbocycles. The number of hydrogen-bond donors (Lipinski definition) is 1. The summed E-state index contributed by atoms with van der Waals surface area (Å²) in [6.45, 7) is 4.11. The van der Waals surface area contributed by atoms with Crippen molar-refractivity contribution in [2.45, 2.75) is 45.3 Å². The molecule has 1 aliphatic rings. The maximum atomic E-state index is 13.2. The minimum absolute atomic E-state index is 0.0512. The summed E-state index contributed by atoms with van der Waals surface area (Å²) >= 11 is 0. The van der Waals surface area contributed by atoms with E-state index in [1.807, 2.05) is 13.8 Å². The first-order valence-corrected chi connectivity index (χ1v) is 8.46. The largest absolute Gasteiger partial charge is 0.477 e. The van der Waals surface area contributed by atoms with Crippen molar-refractivity contribution in [3.05, 3.63) is 41.1 Å². The minimum Gasteiger partial charge on any atom is -0.477 e. The van der Waals surface area contributed by atoms with E-state index in [1.165, 1.54) is 4.68 Å². The predicted molar refractivity (Wildman–Crippen MR) is 89.4 cm³/mol. The van der Waals surface area contributed by atoms with E-state index in [0.29, 0.717) is 18.7 Å². The van der Waals surface area contributed by atoms with Crippen molar-refractivity contribution in [2.75, 3.05) is 6.61 Å². The maximum Gasteiger partial charge on any atom is 0.435 e. The number of alkyl halides is 3. The fourth-order valence-electron chi connectivity index (χ4n) is 2.94. The molecule has 2 aromatic rings. The molecule has 0 saturated carbocycles. The second-order valence-corrected chi connectivity index (χ2v) is 6.56. The Hall–Kier alpha value is -2.51. The standard InChI is InChI=1S/C18H20F3N3O2/c1-11(2)22-15(25)10-12-5-7-13(8-6-12)24-17-14(4-3-9-26-17)16(23-24)18(19,20)21/h5-8,11H,3-4,9-10H2,1-2H3,(H,22,25). The second-order valence-electron chi connectivity index (χ2n) is 6.56. The summed E-state index contributed by atoms with van der Waals surface area (Å²) in [4.78, 5) is 11.8. The Morgan fingerprint density at radius 3 is 2.62 bits per heavy atom. The summed E-state index contributed by atoms with van der Waals surface area (Å²) in [5.41, 5.74) is 0.438. The summed E-state index contributed by atoms with van der Waals surface area (Å²) < 4.78 is 46.4. The molecule has 0 atom stereocenters. The summed E-state index contributed by atoms with van der Waals surface area (Å²) in [5.74, 6) is 0.0424. The Kier molecular flexibility index (Phi) is 4.93. The van der Waals surface area contributed by atoms with E-state index < -0.39 is 11.9 Å². The molecule has 0 bridgehead atoms. The van der Waals surface area contributed by atoms with Gasteiger partial charge in [-0.1, -0.05) is 12.1 Å². The van der Waals surface area contributed by atoms with Gasteiger partial charge in [0, 0.05) is 11.6 Å².